The lowest BCUT2D eigenvalue weighted by Crippen LogP contribution is -2.23. The summed E-state index contributed by atoms with van der Waals surface area (Å²) in [4.78, 5) is 16.1. The van der Waals surface area contributed by atoms with Crippen molar-refractivity contribution in [3.8, 4) is 0 Å². The summed E-state index contributed by atoms with van der Waals surface area (Å²) >= 11 is 6.77. The number of anilines is 1. The number of carbonyl (C=O) groups excluding carboxylic acids is 1. The Kier molecular flexibility index (Phi) is 10.8. The molecule has 1 aromatic carbocycles. The smallest absolute Gasteiger partial charge is 0.227 e. The van der Waals surface area contributed by atoms with Crippen LogP contribution in [0.5, 0.6) is 0 Å². The fourth-order valence-corrected chi connectivity index (χ4v) is 4.82. The molecular weight excluding hydrogens is 384 g/mol. The van der Waals surface area contributed by atoms with Crippen molar-refractivity contribution < 1.29 is 4.79 Å². The number of aromatic nitrogens is 1. The number of unbranched alkanes of at least 4 members (excludes halogenated alkanes) is 8. The lowest BCUT2D eigenvalue weighted by atomic mass is 9.93. The van der Waals surface area contributed by atoms with Gasteiger partial charge in [-0.3, -0.25) is 4.79 Å². The lowest BCUT2D eigenvalue weighted by molar-refractivity contribution is -0.120. The molecule has 1 aromatic heterocycles. The van der Waals surface area contributed by atoms with E-state index in [9.17, 15) is 4.79 Å². The second-order valence-electron chi connectivity index (χ2n) is 7.82. The predicted octanol–water partition coefficient (Wildman–Crippen LogP) is 8.23. The molecule has 1 atom stereocenters. The highest BCUT2D eigenvalue weighted by atomic mass is 32.1. The summed E-state index contributed by atoms with van der Waals surface area (Å²) in [5, 5.41) is 3.17. The summed E-state index contributed by atoms with van der Waals surface area (Å²) in [5.41, 5.74) is 1.92. The van der Waals surface area contributed by atoms with Crippen LogP contribution in [0.1, 0.15) is 90.9 Å². The molecule has 5 heteroatoms. The summed E-state index contributed by atoms with van der Waals surface area (Å²) in [6.45, 7) is 4.48. The van der Waals surface area contributed by atoms with Gasteiger partial charge < -0.3 is 10.3 Å². The molecule has 0 aliphatic rings. The van der Waals surface area contributed by atoms with Crippen LogP contribution >= 0.6 is 23.6 Å². The Bertz CT molecular complexity index is 765. The first-order valence-electron chi connectivity index (χ1n) is 11.1. The number of fused-ring (bicyclic) bond motifs is 1. The van der Waals surface area contributed by atoms with Crippen LogP contribution in [0, 0.1) is 9.87 Å². The number of benzene rings is 1. The summed E-state index contributed by atoms with van der Waals surface area (Å²) in [6, 6.07) is 6.00. The Morgan fingerprint density at radius 3 is 2.29 bits per heavy atom. The lowest BCUT2D eigenvalue weighted by Gasteiger charge is -2.17. The Morgan fingerprint density at radius 2 is 1.61 bits per heavy atom. The number of thiazole rings is 1. The van der Waals surface area contributed by atoms with Gasteiger partial charge in [-0.15, -0.1) is 11.3 Å². The molecule has 156 valence electrons. The van der Waals surface area contributed by atoms with E-state index in [1.165, 1.54) is 51.4 Å². The van der Waals surface area contributed by atoms with Crippen molar-refractivity contribution in [1.29, 1.82) is 0 Å². The van der Waals surface area contributed by atoms with Crippen molar-refractivity contribution in [2.75, 3.05) is 5.32 Å². The zero-order valence-electron chi connectivity index (χ0n) is 17.5. The van der Waals surface area contributed by atoms with E-state index in [-0.39, 0.29) is 11.8 Å². The van der Waals surface area contributed by atoms with Gasteiger partial charge in [-0.25, -0.2) is 0 Å². The van der Waals surface area contributed by atoms with E-state index >= 15 is 0 Å². The van der Waals surface area contributed by atoms with Crippen LogP contribution in [0.3, 0.4) is 0 Å². The molecule has 2 aromatic rings. The number of nitrogens with one attached hydrogen (secondary N) is 2. The maximum absolute atomic E-state index is 12.9. The highest BCUT2D eigenvalue weighted by molar-refractivity contribution is 7.73. The average Bonchev–Trinajstić information content (AvgIpc) is 3.05. The Hall–Kier alpha value is -1.20. The first kappa shape index (κ1) is 23.1. The molecule has 2 N–H and O–H groups in total. The van der Waals surface area contributed by atoms with Crippen molar-refractivity contribution >= 4 is 45.4 Å². The Labute approximate surface area is 179 Å². The molecule has 0 spiro atoms. The van der Waals surface area contributed by atoms with Gasteiger partial charge in [0, 0.05) is 11.6 Å². The molecule has 0 saturated carbocycles. The zero-order valence-corrected chi connectivity index (χ0v) is 19.2. The van der Waals surface area contributed by atoms with E-state index in [1.54, 1.807) is 11.3 Å². The molecule has 1 unspecified atom stereocenters. The monoisotopic (exact) mass is 420 g/mol. The van der Waals surface area contributed by atoms with Crippen LogP contribution in [-0.4, -0.2) is 10.9 Å². The molecule has 0 aliphatic heterocycles. The summed E-state index contributed by atoms with van der Waals surface area (Å²) in [5.74, 6) is 0.312. The number of amides is 1. The number of aromatic amines is 1. The van der Waals surface area contributed by atoms with E-state index in [0.717, 1.165) is 45.5 Å². The normalized spacial score (nSPS) is 12.4. The summed E-state index contributed by atoms with van der Waals surface area (Å²) in [7, 11) is 0. The molecule has 0 aliphatic carbocycles. The number of hydrogen-bond donors (Lipinski definition) is 2. The highest BCUT2D eigenvalue weighted by Gasteiger charge is 2.18. The van der Waals surface area contributed by atoms with Crippen LogP contribution in [0.2, 0.25) is 0 Å². The van der Waals surface area contributed by atoms with Crippen LogP contribution in [0.15, 0.2) is 18.2 Å². The van der Waals surface area contributed by atoms with Crippen molar-refractivity contribution in [3.05, 3.63) is 22.2 Å². The third kappa shape index (κ3) is 8.04. The fourth-order valence-electron chi connectivity index (χ4n) is 3.66. The van der Waals surface area contributed by atoms with Crippen LogP contribution in [0.4, 0.5) is 5.69 Å². The minimum atomic E-state index is 0.128. The molecule has 0 fully saturated rings. The van der Waals surface area contributed by atoms with Gasteiger partial charge in [-0.2, -0.15) is 0 Å². The van der Waals surface area contributed by atoms with E-state index in [4.69, 9.17) is 12.2 Å². The van der Waals surface area contributed by atoms with Crippen molar-refractivity contribution in [3.63, 3.8) is 0 Å². The minimum Gasteiger partial charge on any atom is -0.337 e. The third-order valence-corrected chi connectivity index (χ3v) is 6.57. The van der Waals surface area contributed by atoms with Gasteiger partial charge in [0.2, 0.25) is 5.91 Å². The summed E-state index contributed by atoms with van der Waals surface area (Å²) < 4.78 is 1.87. The summed E-state index contributed by atoms with van der Waals surface area (Å²) in [6.07, 6.45) is 14.5. The predicted molar refractivity (Wildman–Crippen MR) is 126 cm³/mol. The molecular formula is C23H36N2OS2. The third-order valence-electron chi connectivity index (χ3n) is 5.37. The first-order chi connectivity index (χ1) is 13.6. The minimum absolute atomic E-state index is 0.128. The molecule has 2 rings (SSSR count). The first-order valence-corrected chi connectivity index (χ1v) is 12.3. The largest absolute Gasteiger partial charge is 0.337 e. The van der Waals surface area contributed by atoms with Gasteiger partial charge in [0.15, 0.2) is 3.95 Å². The molecule has 3 nitrogen and oxygen atoms in total. The average molecular weight is 421 g/mol. The SMILES string of the molecule is CCCCCCCCC(CCCCCC)C(=O)Nc1ccc2[nH]c(=S)sc2c1. The van der Waals surface area contributed by atoms with E-state index in [1.807, 2.05) is 18.2 Å². The molecule has 1 amide bonds. The van der Waals surface area contributed by atoms with Gasteiger partial charge >= 0.3 is 0 Å². The van der Waals surface area contributed by atoms with E-state index < -0.39 is 0 Å². The standard InChI is InChI=1S/C23H36N2OS2/c1-3-5-7-9-10-12-14-18(13-11-8-6-4-2)22(26)24-19-15-16-20-21(17-19)28-23(27)25-20/h15-18H,3-14H2,1-2H3,(H,24,26)(H,25,27). The number of hydrogen-bond acceptors (Lipinski definition) is 3. The van der Waals surface area contributed by atoms with Crippen molar-refractivity contribution in [1.82, 2.24) is 4.98 Å². The number of rotatable bonds is 14. The topological polar surface area (TPSA) is 44.9 Å². The van der Waals surface area contributed by atoms with Gasteiger partial charge in [0.25, 0.3) is 0 Å². The maximum Gasteiger partial charge on any atom is 0.227 e. The quantitative estimate of drug-likeness (QED) is 0.239. The van der Waals surface area contributed by atoms with Gasteiger partial charge in [-0.1, -0.05) is 78.1 Å². The molecule has 0 radical (unpaired) electrons. The number of H-pyrrole nitrogens is 1. The van der Waals surface area contributed by atoms with Crippen molar-refractivity contribution in [2.24, 2.45) is 5.92 Å². The van der Waals surface area contributed by atoms with Crippen LogP contribution in [0.25, 0.3) is 10.2 Å². The highest BCUT2D eigenvalue weighted by Crippen LogP contribution is 2.25. The van der Waals surface area contributed by atoms with E-state index in [2.05, 4.69) is 24.1 Å². The molecule has 28 heavy (non-hydrogen) atoms. The molecule has 0 saturated heterocycles. The second-order valence-corrected chi connectivity index (χ2v) is 9.54. The second kappa shape index (κ2) is 13.1. The van der Waals surface area contributed by atoms with Gasteiger partial charge in [0.1, 0.15) is 0 Å². The molecule has 0 bridgehead atoms. The van der Waals surface area contributed by atoms with Crippen LogP contribution < -0.4 is 5.32 Å². The fraction of sp³-hybridized carbons (Fsp3) is 0.652. The zero-order chi connectivity index (χ0) is 20.2. The number of carbonyl (C=O) groups is 1. The van der Waals surface area contributed by atoms with Crippen LogP contribution in [-0.2, 0) is 4.79 Å². The molecule has 1 heterocycles. The van der Waals surface area contributed by atoms with Gasteiger partial charge in [0.05, 0.1) is 10.2 Å². The Balaban J connectivity index is 1.90. The van der Waals surface area contributed by atoms with Crippen molar-refractivity contribution in [2.45, 2.75) is 90.9 Å². The van der Waals surface area contributed by atoms with E-state index in [0.29, 0.717) is 0 Å². The maximum atomic E-state index is 12.9. The Morgan fingerprint density at radius 1 is 1.00 bits per heavy atom. The van der Waals surface area contributed by atoms with Gasteiger partial charge in [-0.05, 0) is 43.3 Å².